The molecule has 4 rings (SSSR count). The molecule has 1 aliphatic heterocycles. The van der Waals surface area contributed by atoms with E-state index in [-0.39, 0.29) is 23.5 Å². The summed E-state index contributed by atoms with van der Waals surface area (Å²) in [5, 5.41) is 2.31. The number of anilines is 1. The quantitative estimate of drug-likeness (QED) is 0.630. The molecule has 0 radical (unpaired) electrons. The number of carbonyl (C=O) groups excluding carboxylic acids is 3. The van der Waals surface area contributed by atoms with E-state index >= 15 is 0 Å². The minimum absolute atomic E-state index is 0.0419. The molecule has 0 unspecified atom stereocenters. The van der Waals surface area contributed by atoms with Gasteiger partial charge >= 0.3 is 0 Å². The van der Waals surface area contributed by atoms with Gasteiger partial charge in [0.2, 0.25) is 0 Å². The van der Waals surface area contributed by atoms with Crippen molar-refractivity contribution < 1.29 is 27.9 Å². The lowest BCUT2D eigenvalue weighted by Crippen LogP contribution is -2.29. The van der Waals surface area contributed by atoms with Gasteiger partial charge in [-0.2, -0.15) is 0 Å². The van der Waals surface area contributed by atoms with E-state index in [1.165, 1.54) is 19.2 Å². The third kappa shape index (κ3) is 3.75. The Morgan fingerprint density at radius 3 is 2.29 bits per heavy atom. The molecule has 156 valence electrons. The number of amides is 3. The molecular formula is C23H16F2N2O4. The Morgan fingerprint density at radius 1 is 0.968 bits per heavy atom. The fraction of sp³-hybridized carbons (Fsp3) is 0.0870. The molecule has 3 amide bonds. The van der Waals surface area contributed by atoms with Gasteiger partial charge in [0.15, 0.2) is 0 Å². The summed E-state index contributed by atoms with van der Waals surface area (Å²) < 4.78 is 32.5. The molecule has 1 aliphatic rings. The predicted molar refractivity (Wildman–Crippen MR) is 108 cm³/mol. The van der Waals surface area contributed by atoms with Crippen molar-refractivity contribution in [1.29, 1.82) is 0 Å². The number of hydrogen-bond donors (Lipinski definition) is 1. The zero-order chi connectivity index (χ0) is 22.1. The Labute approximate surface area is 176 Å². The number of nitrogens with zero attached hydrogens (tertiary/aromatic N) is 1. The number of fused-ring (bicyclic) bond motifs is 1. The number of benzene rings is 3. The van der Waals surface area contributed by atoms with Crippen molar-refractivity contribution in [2.75, 3.05) is 12.4 Å². The molecule has 8 heteroatoms. The van der Waals surface area contributed by atoms with Crippen molar-refractivity contribution in [1.82, 2.24) is 4.90 Å². The molecule has 0 atom stereocenters. The normalized spacial score (nSPS) is 12.7. The highest BCUT2D eigenvalue weighted by atomic mass is 19.1. The molecule has 0 fully saturated rings. The molecule has 0 saturated carbocycles. The number of imide groups is 1. The van der Waals surface area contributed by atoms with Crippen LogP contribution in [-0.2, 0) is 6.54 Å². The largest absolute Gasteiger partial charge is 0.496 e. The average Bonchev–Trinajstić information content (AvgIpc) is 3.01. The van der Waals surface area contributed by atoms with Gasteiger partial charge in [0.25, 0.3) is 17.7 Å². The molecule has 0 spiro atoms. The highest BCUT2D eigenvalue weighted by Gasteiger charge is 2.35. The van der Waals surface area contributed by atoms with Gasteiger partial charge < -0.3 is 10.1 Å². The number of nitrogens with one attached hydrogen (secondary N) is 1. The predicted octanol–water partition coefficient (Wildman–Crippen LogP) is 4.02. The lowest BCUT2D eigenvalue weighted by atomic mass is 10.1. The van der Waals surface area contributed by atoms with Crippen LogP contribution in [0.3, 0.4) is 0 Å². The maximum absolute atomic E-state index is 13.9. The van der Waals surface area contributed by atoms with Gasteiger partial charge in [-0.25, -0.2) is 8.78 Å². The van der Waals surface area contributed by atoms with Crippen LogP contribution >= 0.6 is 0 Å². The molecule has 3 aromatic rings. The molecule has 31 heavy (non-hydrogen) atoms. The van der Waals surface area contributed by atoms with E-state index in [0.29, 0.717) is 16.7 Å². The van der Waals surface area contributed by atoms with Crippen molar-refractivity contribution in [3.05, 3.63) is 94.6 Å². The van der Waals surface area contributed by atoms with Crippen LogP contribution in [0.1, 0.15) is 36.6 Å². The Bertz CT molecular complexity index is 1190. The first-order chi connectivity index (χ1) is 14.9. The summed E-state index contributed by atoms with van der Waals surface area (Å²) in [6.45, 7) is -0.0645. The monoisotopic (exact) mass is 422 g/mol. The van der Waals surface area contributed by atoms with Gasteiger partial charge in [-0.3, -0.25) is 19.3 Å². The number of rotatable bonds is 5. The molecular weight excluding hydrogens is 406 g/mol. The van der Waals surface area contributed by atoms with Crippen molar-refractivity contribution in [3.8, 4) is 5.75 Å². The summed E-state index contributed by atoms with van der Waals surface area (Å²) in [5.74, 6) is -2.89. The van der Waals surface area contributed by atoms with Crippen LogP contribution in [0.5, 0.6) is 5.75 Å². The summed E-state index contributed by atoms with van der Waals surface area (Å²) in [7, 11) is 1.36. The third-order valence-corrected chi connectivity index (χ3v) is 4.90. The van der Waals surface area contributed by atoms with E-state index < -0.39 is 29.4 Å². The van der Waals surface area contributed by atoms with Crippen LogP contribution in [0, 0.1) is 11.6 Å². The van der Waals surface area contributed by atoms with E-state index in [1.807, 2.05) is 0 Å². The smallest absolute Gasteiger partial charge is 0.261 e. The second-order valence-electron chi connectivity index (χ2n) is 6.85. The summed E-state index contributed by atoms with van der Waals surface area (Å²) in [6.07, 6.45) is 0. The fourth-order valence-corrected chi connectivity index (χ4v) is 3.38. The van der Waals surface area contributed by atoms with E-state index in [0.717, 1.165) is 23.1 Å². The zero-order valence-corrected chi connectivity index (χ0v) is 16.3. The highest BCUT2D eigenvalue weighted by Crippen LogP contribution is 2.27. The molecule has 0 aliphatic carbocycles. The first-order valence-corrected chi connectivity index (χ1v) is 9.27. The fourth-order valence-electron chi connectivity index (χ4n) is 3.38. The summed E-state index contributed by atoms with van der Waals surface area (Å²) >= 11 is 0. The maximum Gasteiger partial charge on any atom is 0.261 e. The maximum atomic E-state index is 13.9. The summed E-state index contributed by atoms with van der Waals surface area (Å²) in [4.78, 5) is 39.0. The first kappa shape index (κ1) is 20.2. The molecule has 0 bridgehead atoms. The molecule has 1 heterocycles. The zero-order valence-electron chi connectivity index (χ0n) is 16.3. The van der Waals surface area contributed by atoms with Crippen molar-refractivity contribution in [3.63, 3.8) is 0 Å². The molecule has 0 saturated heterocycles. The van der Waals surface area contributed by atoms with Crippen LogP contribution in [0.2, 0.25) is 0 Å². The SMILES string of the molecule is COc1ccc(CN2C(=O)c3ccccc3C2=O)cc1C(=O)Nc1cc(F)ccc1F. The Morgan fingerprint density at radius 2 is 1.65 bits per heavy atom. The van der Waals surface area contributed by atoms with Crippen molar-refractivity contribution in [2.24, 2.45) is 0 Å². The van der Waals surface area contributed by atoms with Crippen LogP contribution in [0.4, 0.5) is 14.5 Å². The van der Waals surface area contributed by atoms with Crippen molar-refractivity contribution in [2.45, 2.75) is 6.54 Å². The number of hydrogen-bond acceptors (Lipinski definition) is 4. The minimum Gasteiger partial charge on any atom is -0.496 e. The van der Waals surface area contributed by atoms with Crippen LogP contribution in [0.25, 0.3) is 0 Å². The number of carbonyl (C=O) groups is 3. The van der Waals surface area contributed by atoms with Crippen molar-refractivity contribution >= 4 is 23.4 Å². The second-order valence-corrected chi connectivity index (χ2v) is 6.85. The van der Waals surface area contributed by atoms with Crippen LogP contribution in [0.15, 0.2) is 60.7 Å². The second kappa shape index (κ2) is 7.98. The summed E-state index contributed by atoms with van der Waals surface area (Å²) in [5.41, 5.74) is 0.847. The van der Waals surface area contributed by atoms with Gasteiger partial charge in [0.05, 0.1) is 36.0 Å². The number of halogens is 2. The number of ether oxygens (including phenoxy) is 1. The average molecular weight is 422 g/mol. The van der Waals surface area contributed by atoms with Gasteiger partial charge in [0.1, 0.15) is 17.4 Å². The molecule has 6 nitrogen and oxygen atoms in total. The van der Waals surface area contributed by atoms with E-state index in [4.69, 9.17) is 4.74 Å². The Kier molecular flexibility index (Phi) is 5.21. The van der Waals surface area contributed by atoms with Crippen LogP contribution < -0.4 is 10.1 Å². The van der Waals surface area contributed by atoms with E-state index in [2.05, 4.69) is 5.32 Å². The van der Waals surface area contributed by atoms with Gasteiger partial charge in [0, 0.05) is 6.07 Å². The van der Waals surface area contributed by atoms with Gasteiger partial charge in [-0.1, -0.05) is 18.2 Å². The Balaban J connectivity index is 1.61. The molecule has 0 aromatic heterocycles. The molecule has 3 aromatic carbocycles. The highest BCUT2D eigenvalue weighted by molar-refractivity contribution is 6.21. The standard InChI is InChI=1S/C23H16F2N2O4/c1-31-20-9-6-13(12-27-22(29)15-4-2-3-5-16(15)23(27)30)10-17(20)21(28)26-19-11-14(24)7-8-18(19)25/h2-11H,12H2,1H3,(H,26,28). The van der Waals surface area contributed by atoms with E-state index in [9.17, 15) is 23.2 Å². The number of methoxy groups -OCH3 is 1. The minimum atomic E-state index is -0.795. The lowest BCUT2D eigenvalue weighted by molar-refractivity contribution is 0.0642. The summed E-state index contributed by atoms with van der Waals surface area (Å²) in [6, 6.07) is 13.8. The topological polar surface area (TPSA) is 75.7 Å². The van der Waals surface area contributed by atoms with E-state index in [1.54, 1.807) is 30.3 Å². The third-order valence-electron chi connectivity index (χ3n) is 4.90. The molecule has 1 N–H and O–H groups in total. The van der Waals surface area contributed by atoms with Gasteiger partial charge in [-0.15, -0.1) is 0 Å². The Hall–Kier alpha value is -4.07. The first-order valence-electron chi connectivity index (χ1n) is 9.27. The lowest BCUT2D eigenvalue weighted by Gasteiger charge is -2.16. The van der Waals surface area contributed by atoms with Crippen LogP contribution in [-0.4, -0.2) is 29.7 Å². The van der Waals surface area contributed by atoms with Gasteiger partial charge in [-0.05, 0) is 42.0 Å².